The van der Waals surface area contributed by atoms with E-state index in [1.807, 2.05) is 0 Å². The Hall–Kier alpha value is -1.67. The standard InChI is InChI=1S/C8H5F6NO2/c9-7(10,11)4-1-2-5(8(12,13)14)15(4)3-6(16)17/h1-2H,3H2,(H,16,17). The first kappa shape index (κ1) is 13.4. The summed E-state index contributed by atoms with van der Waals surface area (Å²) in [5.74, 6) is -1.79. The summed E-state index contributed by atoms with van der Waals surface area (Å²) in [4.78, 5) is 10.3. The molecule has 1 aromatic rings. The van der Waals surface area contributed by atoms with E-state index in [4.69, 9.17) is 5.11 Å². The van der Waals surface area contributed by atoms with Crippen molar-refractivity contribution in [2.24, 2.45) is 0 Å². The minimum Gasteiger partial charge on any atom is -0.480 e. The highest BCUT2D eigenvalue weighted by Crippen LogP contribution is 2.36. The summed E-state index contributed by atoms with van der Waals surface area (Å²) in [6.45, 7) is -1.41. The van der Waals surface area contributed by atoms with E-state index in [1.165, 1.54) is 0 Å². The van der Waals surface area contributed by atoms with Gasteiger partial charge in [0.15, 0.2) is 0 Å². The van der Waals surface area contributed by atoms with Gasteiger partial charge in [-0.15, -0.1) is 0 Å². The topological polar surface area (TPSA) is 42.2 Å². The van der Waals surface area contributed by atoms with Crippen molar-refractivity contribution in [1.29, 1.82) is 0 Å². The maximum absolute atomic E-state index is 12.3. The minimum atomic E-state index is -5.04. The van der Waals surface area contributed by atoms with Crippen LogP contribution in [0.2, 0.25) is 0 Å². The molecule has 0 radical (unpaired) electrons. The molecule has 9 heteroatoms. The van der Waals surface area contributed by atoms with E-state index in [0.717, 1.165) is 0 Å². The monoisotopic (exact) mass is 261 g/mol. The third kappa shape index (κ3) is 2.92. The van der Waals surface area contributed by atoms with Crippen molar-refractivity contribution in [3.8, 4) is 0 Å². The second kappa shape index (κ2) is 3.97. The van der Waals surface area contributed by atoms with Crippen molar-refractivity contribution in [3.05, 3.63) is 23.5 Å². The average molecular weight is 261 g/mol. The third-order valence-electron chi connectivity index (χ3n) is 1.85. The molecule has 1 heterocycles. The molecule has 0 spiro atoms. The van der Waals surface area contributed by atoms with Crippen LogP contribution in [0.25, 0.3) is 0 Å². The summed E-state index contributed by atoms with van der Waals surface area (Å²) in [5, 5.41) is 8.31. The first-order chi connectivity index (χ1) is 7.53. The van der Waals surface area contributed by atoms with Gasteiger partial charge in [-0.1, -0.05) is 0 Å². The zero-order chi connectivity index (χ0) is 13.4. The molecule has 96 valence electrons. The van der Waals surface area contributed by atoms with Gasteiger partial charge in [0.05, 0.1) is 0 Å². The zero-order valence-electron chi connectivity index (χ0n) is 7.93. The molecular formula is C8H5F6NO2. The van der Waals surface area contributed by atoms with E-state index in [9.17, 15) is 31.1 Å². The van der Waals surface area contributed by atoms with Crippen molar-refractivity contribution in [1.82, 2.24) is 4.57 Å². The van der Waals surface area contributed by atoms with Crippen molar-refractivity contribution in [3.63, 3.8) is 0 Å². The number of alkyl halides is 6. The fourth-order valence-corrected chi connectivity index (χ4v) is 1.27. The molecule has 0 saturated heterocycles. The molecule has 0 aliphatic rings. The van der Waals surface area contributed by atoms with E-state index >= 15 is 0 Å². The van der Waals surface area contributed by atoms with Crippen LogP contribution in [-0.2, 0) is 23.7 Å². The molecular weight excluding hydrogens is 256 g/mol. The lowest BCUT2D eigenvalue weighted by atomic mass is 10.4. The highest BCUT2D eigenvalue weighted by molar-refractivity contribution is 5.67. The van der Waals surface area contributed by atoms with Crippen molar-refractivity contribution in [2.75, 3.05) is 0 Å². The van der Waals surface area contributed by atoms with Crippen molar-refractivity contribution >= 4 is 5.97 Å². The number of aromatic nitrogens is 1. The molecule has 0 fully saturated rings. The van der Waals surface area contributed by atoms with Crippen LogP contribution in [0.3, 0.4) is 0 Å². The number of carbonyl (C=O) groups is 1. The average Bonchev–Trinajstić information content (AvgIpc) is 2.43. The number of hydrogen-bond acceptors (Lipinski definition) is 1. The first-order valence-electron chi connectivity index (χ1n) is 4.09. The SMILES string of the molecule is O=C(O)Cn1c(C(F)(F)F)ccc1C(F)(F)F. The van der Waals surface area contributed by atoms with Gasteiger partial charge in [-0.2, -0.15) is 26.3 Å². The lowest BCUT2D eigenvalue weighted by Crippen LogP contribution is -2.23. The maximum atomic E-state index is 12.3. The molecule has 1 rings (SSSR count). The molecule has 0 saturated carbocycles. The van der Waals surface area contributed by atoms with Crippen LogP contribution >= 0.6 is 0 Å². The van der Waals surface area contributed by atoms with Crippen LogP contribution in [0, 0.1) is 0 Å². The molecule has 17 heavy (non-hydrogen) atoms. The number of nitrogens with zero attached hydrogens (tertiary/aromatic N) is 1. The van der Waals surface area contributed by atoms with E-state index in [0.29, 0.717) is 0 Å². The fraction of sp³-hybridized carbons (Fsp3) is 0.375. The zero-order valence-corrected chi connectivity index (χ0v) is 7.93. The van der Waals surface area contributed by atoms with Gasteiger partial charge in [0.1, 0.15) is 17.9 Å². The second-order valence-electron chi connectivity index (χ2n) is 3.08. The quantitative estimate of drug-likeness (QED) is 0.831. The fourth-order valence-electron chi connectivity index (χ4n) is 1.27. The molecule has 0 bridgehead atoms. The van der Waals surface area contributed by atoms with Crippen LogP contribution in [-0.4, -0.2) is 15.6 Å². The molecule has 0 amide bonds. The van der Waals surface area contributed by atoms with Crippen molar-refractivity contribution in [2.45, 2.75) is 18.9 Å². The summed E-state index contributed by atoms with van der Waals surface area (Å²) in [7, 11) is 0. The van der Waals surface area contributed by atoms with Crippen LogP contribution < -0.4 is 0 Å². The summed E-state index contributed by atoms with van der Waals surface area (Å²) >= 11 is 0. The summed E-state index contributed by atoms with van der Waals surface area (Å²) in [5.41, 5.74) is -3.29. The lowest BCUT2D eigenvalue weighted by Gasteiger charge is -2.14. The lowest BCUT2D eigenvalue weighted by molar-refractivity contribution is -0.155. The van der Waals surface area contributed by atoms with Crippen LogP contribution in [0.15, 0.2) is 12.1 Å². The summed E-state index contributed by atoms with van der Waals surface area (Å²) < 4.78 is 73.6. The highest BCUT2D eigenvalue weighted by Gasteiger charge is 2.41. The third-order valence-corrected chi connectivity index (χ3v) is 1.85. The Morgan fingerprint density at radius 3 is 1.65 bits per heavy atom. The number of hydrogen-bond donors (Lipinski definition) is 1. The van der Waals surface area contributed by atoms with E-state index in [-0.39, 0.29) is 16.7 Å². The summed E-state index contributed by atoms with van der Waals surface area (Å²) in [6, 6.07) is 0.400. The maximum Gasteiger partial charge on any atom is 0.431 e. The van der Waals surface area contributed by atoms with Crippen LogP contribution in [0.5, 0.6) is 0 Å². The predicted octanol–water partition coefficient (Wildman–Crippen LogP) is 2.61. The molecule has 0 aromatic carbocycles. The molecule has 1 aromatic heterocycles. The first-order valence-corrected chi connectivity index (χ1v) is 4.09. The Kier molecular flexibility index (Phi) is 3.13. The van der Waals surface area contributed by atoms with E-state index in [1.54, 1.807) is 0 Å². The normalized spacial score (nSPS) is 12.8. The number of aliphatic carboxylic acids is 1. The number of halogens is 6. The Morgan fingerprint density at radius 1 is 1.06 bits per heavy atom. The number of carboxylic acids is 1. The van der Waals surface area contributed by atoms with Gasteiger partial charge in [0, 0.05) is 0 Å². The highest BCUT2D eigenvalue weighted by atomic mass is 19.4. The molecule has 3 nitrogen and oxygen atoms in total. The Balaban J connectivity index is 3.35. The molecule has 0 aliphatic heterocycles. The van der Waals surface area contributed by atoms with Crippen LogP contribution in [0.4, 0.5) is 26.3 Å². The molecule has 0 unspecified atom stereocenters. The van der Waals surface area contributed by atoms with E-state index in [2.05, 4.69) is 0 Å². The van der Waals surface area contributed by atoms with Crippen LogP contribution in [0.1, 0.15) is 11.4 Å². The largest absolute Gasteiger partial charge is 0.480 e. The van der Waals surface area contributed by atoms with Gasteiger partial charge in [-0.25, -0.2) is 0 Å². The van der Waals surface area contributed by atoms with Gasteiger partial charge in [-0.3, -0.25) is 4.79 Å². The number of rotatable bonds is 2. The number of carboxylic acid groups (broad SMARTS) is 1. The Morgan fingerprint density at radius 2 is 1.41 bits per heavy atom. The Bertz CT molecular complexity index is 399. The second-order valence-corrected chi connectivity index (χ2v) is 3.08. The summed E-state index contributed by atoms with van der Waals surface area (Å²) in [6.07, 6.45) is -10.1. The Labute approximate surface area is 90.3 Å². The molecule has 1 N–H and O–H groups in total. The predicted molar refractivity (Wildman–Crippen MR) is 42.1 cm³/mol. The van der Waals surface area contributed by atoms with Crippen molar-refractivity contribution < 1.29 is 36.2 Å². The molecule has 0 aliphatic carbocycles. The van der Waals surface area contributed by atoms with Gasteiger partial charge >= 0.3 is 18.3 Å². The van der Waals surface area contributed by atoms with Gasteiger partial charge in [0.2, 0.25) is 0 Å². The molecule has 0 atom stereocenters. The van der Waals surface area contributed by atoms with E-state index < -0.39 is 36.3 Å². The van der Waals surface area contributed by atoms with Gasteiger partial charge in [-0.05, 0) is 12.1 Å². The van der Waals surface area contributed by atoms with Gasteiger partial charge < -0.3 is 9.67 Å². The minimum absolute atomic E-state index is 0.200. The smallest absolute Gasteiger partial charge is 0.431 e. The van der Waals surface area contributed by atoms with Gasteiger partial charge in [0.25, 0.3) is 0 Å².